The van der Waals surface area contributed by atoms with Gasteiger partial charge >= 0.3 is 0 Å². The van der Waals surface area contributed by atoms with Gasteiger partial charge in [0.25, 0.3) is 5.91 Å². The van der Waals surface area contributed by atoms with Gasteiger partial charge in [0, 0.05) is 44.3 Å². The second kappa shape index (κ2) is 7.15. The average molecular weight is 384 g/mol. The summed E-state index contributed by atoms with van der Waals surface area (Å²) >= 11 is 1.48. The molecule has 1 saturated heterocycles. The summed E-state index contributed by atoms with van der Waals surface area (Å²) in [6, 6.07) is 8.37. The van der Waals surface area contributed by atoms with Gasteiger partial charge in [-0.1, -0.05) is 12.1 Å². The number of carbonyl (C=O) groups is 1. The van der Waals surface area contributed by atoms with Crippen molar-refractivity contribution in [3.05, 3.63) is 59.0 Å². The Morgan fingerprint density at radius 3 is 2.48 bits per heavy atom. The molecule has 5 nitrogen and oxygen atoms in total. The van der Waals surface area contributed by atoms with Crippen LogP contribution in [0.4, 0.5) is 10.1 Å². The summed E-state index contributed by atoms with van der Waals surface area (Å²) < 4.78 is 15.0. The van der Waals surface area contributed by atoms with Gasteiger partial charge in [-0.3, -0.25) is 9.48 Å². The molecule has 1 aliphatic heterocycles. The fourth-order valence-corrected chi connectivity index (χ4v) is 4.52. The van der Waals surface area contributed by atoms with E-state index in [1.807, 2.05) is 37.3 Å². The summed E-state index contributed by atoms with van der Waals surface area (Å²) in [6.45, 7) is 4.97. The summed E-state index contributed by atoms with van der Waals surface area (Å²) in [6.07, 6.45) is 3.85. The topological polar surface area (TPSA) is 41.4 Å². The van der Waals surface area contributed by atoms with Gasteiger partial charge in [0.05, 0.1) is 16.8 Å². The molecule has 0 radical (unpaired) electrons. The Hall–Kier alpha value is -2.67. The Kier molecular flexibility index (Phi) is 4.70. The van der Waals surface area contributed by atoms with Crippen LogP contribution < -0.4 is 4.90 Å². The van der Waals surface area contributed by atoms with Crippen LogP contribution in [0.15, 0.2) is 42.7 Å². The van der Waals surface area contributed by atoms with E-state index < -0.39 is 0 Å². The van der Waals surface area contributed by atoms with E-state index in [-0.39, 0.29) is 11.7 Å². The number of hydrogen-bond donors (Lipinski definition) is 0. The molecule has 2 aromatic heterocycles. The van der Waals surface area contributed by atoms with Gasteiger partial charge in [-0.15, -0.1) is 11.3 Å². The molecule has 140 valence electrons. The van der Waals surface area contributed by atoms with Crippen molar-refractivity contribution in [2.45, 2.75) is 6.92 Å². The van der Waals surface area contributed by atoms with Crippen LogP contribution in [-0.2, 0) is 7.05 Å². The number of rotatable bonds is 3. The SMILES string of the molecule is Cc1cc(C(=O)N2CCN(c3cnn(C)c3)CC2)sc1-c1ccc(F)cc1. The number of aromatic nitrogens is 2. The Labute approximate surface area is 161 Å². The molecule has 1 aromatic carbocycles. The van der Waals surface area contributed by atoms with E-state index in [2.05, 4.69) is 10.00 Å². The number of anilines is 1. The lowest BCUT2D eigenvalue weighted by Gasteiger charge is -2.35. The number of thiophene rings is 1. The Balaban J connectivity index is 1.46. The van der Waals surface area contributed by atoms with Crippen molar-refractivity contribution in [3.63, 3.8) is 0 Å². The van der Waals surface area contributed by atoms with Gasteiger partial charge in [-0.2, -0.15) is 5.10 Å². The van der Waals surface area contributed by atoms with Gasteiger partial charge in [-0.25, -0.2) is 4.39 Å². The van der Waals surface area contributed by atoms with Crippen LogP contribution in [0.1, 0.15) is 15.2 Å². The fraction of sp³-hybridized carbons (Fsp3) is 0.300. The molecule has 0 atom stereocenters. The molecule has 3 aromatic rings. The number of benzene rings is 1. The highest BCUT2D eigenvalue weighted by atomic mass is 32.1. The molecule has 0 unspecified atom stereocenters. The highest BCUT2D eigenvalue weighted by Crippen LogP contribution is 2.33. The Morgan fingerprint density at radius 2 is 1.85 bits per heavy atom. The molecule has 0 aliphatic carbocycles. The molecule has 1 fully saturated rings. The number of halogens is 1. The van der Waals surface area contributed by atoms with E-state index in [0.717, 1.165) is 39.7 Å². The first-order chi connectivity index (χ1) is 13.0. The summed E-state index contributed by atoms with van der Waals surface area (Å²) in [7, 11) is 1.90. The summed E-state index contributed by atoms with van der Waals surface area (Å²) in [4.78, 5) is 18.9. The molecular formula is C20H21FN4OS. The largest absolute Gasteiger partial charge is 0.365 e. The molecule has 1 amide bonds. The lowest BCUT2D eigenvalue weighted by Crippen LogP contribution is -2.48. The van der Waals surface area contributed by atoms with Crippen molar-refractivity contribution in [1.82, 2.24) is 14.7 Å². The van der Waals surface area contributed by atoms with Crippen LogP contribution in [0.5, 0.6) is 0 Å². The third-order valence-electron chi connectivity index (χ3n) is 4.86. The van der Waals surface area contributed by atoms with Crippen LogP contribution >= 0.6 is 11.3 Å². The van der Waals surface area contributed by atoms with Crippen molar-refractivity contribution < 1.29 is 9.18 Å². The third-order valence-corrected chi connectivity index (χ3v) is 6.13. The Morgan fingerprint density at radius 1 is 1.15 bits per heavy atom. The molecule has 4 rings (SSSR count). The van der Waals surface area contributed by atoms with Gasteiger partial charge < -0.3 is 9.80 Å². The number of piperazine rings is 1. The molecule has 7 heteroatoms. The average Bonchev–Trinajstić information content (AvgIpc) is 3.28. The fourth-order valence-electron chi connectivity index (χ4n) is 3.37. The predicted octanol–water partition coefficient (Wildman–Crippen LogP) is 3.56. The molecule has 0 N–H and O–H groups in total. The molecule has 1 aliphatic rings. The zero-order valence-corrected chi connectivity index (χ0v) is 16.2. The molecule has 0 bridgehead atoms. The molecular weight excluding hydrogens is 363 g/mol. The van der Waals surface area contributed by atoms with Gasteiger partial charge in [0.2, 0.25) is 0 Å². The van der Waals surface area contributed by atoms with E-state index in [1.165, 1.54) is 23.5 Å². The second-order valence-electron chi connectivity index (χ2n) is 6.78. The normalized spacial score (nSPS) is 14.6. The first-order valence-corrected chi connectivity index (χ1v) is 9.72. The van der Waals surface area contributed by atoms with Crippen LogP contribution in [0, 0.1) is 12.7 Å². The van der Waals surface area contributed by atoms with Crippen molar-refractivity contribution in [2.75, 3.05) is 31.1 Å². The number of nitrogens with zero attached hydrogens (tertiary/aromatic N) is 4. The maximum absolute atomic E-state index is 13.2. The molecule has 0 spiro atoms. The highest BCUT2D eigenvalue weighted by Gasteiger charge is 2.24. The van der Waals surface area contributed by atoms with E-state index in [1.54, 1.807) is 16.8 Å². The van der Waals surface area contributed by atoms with E-state index in [4.69, 9.17) is 0 Å². The lowest BCUT2D eigenvalue weighted by molar-refractivity contribution is 0.0751. The second-order valence-corrected chi connectivity index (χ2v) is 7.83. The minimum absolute atomic E-state index is 0.0716. The van der Waals surface area contributed by atoms with E-state index in [0.29, 0.717) is 13.1 Å². The maximum atomic E-state index is 13.2. The number of amides is 1. The Bertz CT molecular complexity index is 955. The quantitative estimate of drug-likeness (QED) is 0.693. The number of hydrogen-bond acceptors (Lipinski definition) is 4. The zero-order valence-electron chi connectivity index (χ0n) is 15.4. The van der Waals surface area contributed by atoms with Crippen molar-refractivity contribution in [1.29, 1.82) is 0 Å². The maximum Gasteiger partial charge on any atom is 0.264 e. The van der Waals surface area contributed by atoms with Gasteiger partial charge in [0.1, 0.15) is 5.82 Å². The lowest BCUT2D eigenvalue weighted by atomic mass is 10.1. The standard InChI is InChI=1S/C20H21FN4OS/c1-14-11-18(27-19(14)15-3-5-16(21)6-4-15)20(26)25-9-7-24(8-10-25)17-12-22-23(2)13-17/h3-6,11-13H,7-10H2,1-2H3. The van der Waals surface area contributed by atoms with Crippen molar-refractivity contribution >= 4 is 22.9 Å². The van der Waals surface area contributed by atoms with Crippen LogP contribution in [-0.4, -0.2) is 46.8 Å². The van der Waals surface area contributed by atoms with E-state index in [9.17, 15) is 9.18 Å². The smallest absolute Gasteiger partial charge is 0.264 e. The monoisotopic (exact) mass is 384 g/mol. The van der Waals surface area contributed by atoms with Crippen molar-refractivity contribution in [2.24, 2.45) is 7.05 Å². The van der Waals surface area contributed by atoms with Gasteiger partial charge in [-0.05, 0) is 36.2 Å². The minimum Gasteiger partial charge on any atom is -0.365 e. The van der Waals surface area contributed by atoms with Crippen LogP contribution in [0.25, 0.3) is 10.4 Å². The third kappa shape index (κ3) is 3.60. The summed E-state index contributed by atoms with van der Waals surface area (Å²) in [5.41, 5.74) is 3.08. The predicted molar refractivity (Wildman–Crippen MR) is 106 cm³/mol. The molecule has 27 heavy (non-hydrogen) atoms. The first kappa shape index (κ1) is 17.7. The minimum atomic E-state index is -0.254. The molecule has 0 saturated carbocycles. The van der Waals surface area contributed by atoms with Crippen LogP contribution in [0.2, 0.25) is 0 Å². The first-order valence-electron chi connectivity index (χ1n) is 8.90. The summed E-state index contributed by atoms with van der Waals surface area (Å²) in [5, 5.41) is 4.21. The number of aryl methyl sites for hydroxylation is 2. The highest BCUT2D eigenvalue weighted by molar-refractivity contribution is 7.17. The van der Waals surface area contributed by atoms with E-state index >= 15 is 0 Å². The molecule has 3 heterocycles. The number of carbonyl (C=O) groups excluding carboxylic acids is 1. The van der Waals surface area contributed by atoms with Crippen LogP contribution in [0.3, 0.4) is 0 Å². The van der Waals surface area contributed by atoms with Crippen molar-refractivity contribution in [3.8, 4) is 10.4 Å². The van der Waals surface area contributed by atoms with Gasteiger partial charge in [0.15, 0.2) is 0 Å². The summed E-state index contributed by atoms with van der Waals surface area (Å²) in [5.74, 6) is -0.182. The zero-order chi connectivity index (χ0) is 19.0.